The Morgan fingerprint density at radius 2 is 2.10 bits per heavy atom. The van der Waals surface area contributed by atoms with Gasteiger partial charge in [0, 0.05) is 31.7 Å². The van der Waals surface area contributed by atoms with Gasteiger partial charge in [0.25, 0.3) is 0 Å². The molecule has 0 aliphatic rings. The molecule has 0 radical (unpaired) electrons. The minimum absolute atomic E-state index is 0.103. The topological polar surface area (TPSA) is 38.1 Å². The average molecular weight is 289 g/mol. The van der Waals surface area contributed by atoms with Gasteiger partial charge in [-0.15, -0.1) is 0 Å². The summed E-state index contributed by atoms with van der Waals surface area (Å²) in [5.41, 5.74) is 0.937. The monoisotopic (exact) mass is 289 g/mol. The molecular formula is C15H19N3OS. The minimum atomic E-state index is -0.170. The zero-order valence-corrected chi connectivity index (χ0v) is 12.8. The van der Waals surface area contributed by atoms with Crippen LogP contribution in [0.3, 0.4) is 0 Å². The summed E-state index contributed by atoms with van der Waals surface area (Å²) in [7, 11) is 1.93. The maximum absolute atomic E-state index is 12.6. The first-order valence-electron chi connectivity index (χ1n) is 6.64. The van der Waals surface area contributed by atoms with Crippen molar-refractivity contribution in [1.82, 2.24) is 9.55 Å². The minimum Gasteiger partial charge on any atom is -0.329 e. The number of aromatic nitrogens is 2. The number of anilines is 1. The van der Waals surface area contributed by atoms with Crippen LogP contribution in [0.5, 0.6) is 0 Å². The molecule has 0 aliphatic heterocycles. The van der Waals surface area contributed by atoms with E-state index in [1.807, 2.05) is 62.0 Å². The lowest BCUT2D eigenvalue weighted by atomic mass is 10.2. The molecule has 1 aromatic carbocycles. The molecular weight excluding hydrogens is 270 g/mol. The lowest BCUT2D eigenvalue weighted by Gasteiger charge is -2.24. The van der Waals surface area contributed by atoms with Gasteiger partial charge in [-0.1, -0.05) is 30.0 Å². The van der Waals surface area contributed by atoms with Crippen LogP contribution in [0.15, 0.2) is 47.9 Å². The Morgan fingerprint density at radius 1 is 1.40 bits per heavy atom. The number of imidazole rings is 1. The molecule has 0 spiro atoms. The molecule has 2 rings (SSSR count). The van der Waals surface area contributed by atoms with Crippen molar-refractivity contribution in [3.05, 3.63) is 42.7 Å². The van der Waals surface area contributed by atoms with Gasteiger partial charge in [0.1, 0.15) is 0 Å². The molecule has 1 amide bonds. The van der Waals surface area contributed by atoms with Gasteiger partial charge >= 0.3 is 0 Å². The third-order valence-electron chi connectivity index (χ3n) is 3.06. The van der Waals surface area contributed by atoms with Crippen molar-refractivity contribution >= 4 is 23.4 Å². The molecule has 20 heavy (non-hydrogen) atoms. The van der Waals surface area contributed by atoms with Crippen molar-refractivity contribution in [3.63, 3.8) is 0 Å². The van der Waals surface area contributed by atoms with Crippen LogP contribution in [0.1, 0.15) is 13.8 Å². The average Bonchev–Trinajstić information content (AvgIpc) is 2.86. The van der Waals surface area contributed by atoms with Crippen molar-refractivity contribution in [1.29, 1.82) is 0 Å². The maximum Gasteiger partial charge on any atom is 0.240 e. The fraction of sp³-hybridized carbons (Fsp3) is 0.333. The zero-order chi connectivity index (χ0) is 14.5. The van der Waals surface area contributed by atoms with Gasteiger partial charge in [-0.25, -0.2) is 4.98 Å². The maximum atomic E-state index is 12.6. The lowest BCUT2D eigenvalue weighted by molar-refractivity contribution is -0.117. The summed E-state index contributed by atoms with van der Waals surface area (Å²) in [6, 6.07) is 9.76. The normalized spacial score (nSPS) is 12.2. The van der Waals surface area contributed by atoms with Gasteiger partial charge in [-0.3, -0.25) is 4.79 Å². The fourth-order valence-corrected chi connectivity index (χ4v) is 2.86. The van der Waals surface area contributed by atoms with Crippen LogP contribution in [-0.2, 0) is 11.8 Å². The molecule has 0 fully saturated rings. The predicted octanol–water partition coefficient (Wildman–Crippen LogP) is 2.95. The van der Waals surface area contributed by atoms with E-state index in [1.54, 1.807) is 11.1 Å². The van der Waals surface area contributed by atoms with Gasteiger partial charge < -0.3 is 9.47 Å². The first-order chi connectivity index (χ1) is 9.63. The van der Waals surface area contributed by atoms with Crippen LogP contribution in [0.25, 0.3) is 0 Å². The van der Waals surface area contributed by atoms with E-state index in [1.165, 1.54) is 11.8 Å². The van der Waals surface area contributed by atoms with E-state index in [0.29, 0.717) is 6.54 Å². The number of carbonyl (C=O) groups excluding carboxylic acids is 1. The molecule has 1 heterocycles. The molecule has 5 heteroatoms. The van der Waals surface area contributed by atoms with Crippen molar-refractivity contribution in [2.75, 3.05) is 11.4 Å². The standard InChI is InChI=1S/C15H19N3OS/c1-4-18(13-8-6-5-7-9-13)14(19)12(2)20-15-16-10-11-17(15)3/h5-12H,4H2,1-3H3. The number of hydrogen-bond acceptors (Lipinski definition) is 3. The molecule has 1 unspecified atom stereocenters. The Morgan fingerprint density at radius 3 is 2.65 bits per heavy atom. The lowest BCUT2D eigenvalue weighted by Crippen LogP contribution is -2.36. The molecule has 4 nitrogen and oxygen atoms in total. The fourth-order valence-electron chi connectivity index (χ4n) is 1.97. The largest absolute Gasteiger partial charge is 0.329 e. The number of amides is 1. The van der Waals surface area contributed by atoms with Gasteiger partial charge in [-0.2, -0.15) is 0 Å². The number of aryl methyl sites for hydroxylation is 1. The van der Waals surface area contributed by atoms with E-state index in [4.69, 9.17) is 0 Å². The molecule has 0 saturated heterocycles. The Balaban J connectivity index is 2.11. The van der Waals surface area contributed by atoms with E-state index in [2.05, 4.69) is 4.98 Å². The van der Waals surface area contributed by atoms with Crippen LogP contribution in [0.2, 0.25) is 0 Å². The first kappa shape index (κ1) is 14.7. The summed E-state index contributed by atoms with van der Waals surface area (Å²) in [4.78, 5) is 18.6. The van der Waals surface area contributed by atoms with Crippen LogP contribution >= 0.6 is 11.8 Å². The number of benzene rings is 1. The predicted molar refractivity (Wildman–Crippen MR) is 83.0 cm³/mol. The summed E-state index contributed by atoms with van der Waals surface area (Å²) in [6.07, 6.45) is 3.63. The number of hydrogen-bond donors (Lipinski definition) is 0. The Hall–Kier alpha value is -1.75. The van der Waals surface area contributed by atoms with Gasteiger partial charge in [0.15, 0.2) is 5.16 Å². The Labute approximate surface area is 123 Å². The SMILES string of the molecule is CCN(C(=O)C(C)Sc1nccn1C)c1ccccc1. The van der Waals surface area contributed by atoms with Crippen molar-refractivity contribution in [2.45, 2.75) is 24.3 Å². The second-order valence-corrected chi connectivity index (χ2v) is 5.81. The molecule has 0 saturated carbocycles. The van der Waals surface area contributed by atoms with E-state index in [-0.39, 0.29) is 11.2 Å². The summed E-state index contributed by atoms with van der Waals surface area (Å²) >= 11 is 1.48. The molecule has 0 aliphatic carbocycles. The first-order valence-corrected chi connectivity index (χ1v) is 7.52. The van der Waals surface area contributed by atoms with Crippen LogP contribution < -0.4 is 4.90 Å². The summed E-state index contributed by atoms with van der Waals surface area (Å²) in [5.74, 6) is 0.103. The highest BCUT2D eigenvalue weighted by molar-refractivity contribution is 8.00. The highest BCUT2D eigenvalue weighted by Gasteiger charge is 2.22. The van der Waals surface area contributed by atoms with Crippen molar-refractivity contribution < 1.29 is 4.79 Å². The molecule has 1 aromatic heterocycles. The number of nitrogens with zero attached hydrogens (tertiary/aromatic N) is 3. The van der Waals surface area contributed by atoms with Crippen LogP contribution in [0, 0.1) is 0 Å². The van der Waals surface area contributed by atoms with E-state index >= 15 is 0 Å². The summed E-state index contributed by atoms with van der Waals surface area (Å²) < 4.78 is 1.92. The third kappa shape index (κ3) is 3.22. The number of carbonyl (C=O) groups is 1. The summed E-state index contributed by atoms with van der Waals surface area (Å²) in [5, 5.41) is 0.686. The van der Waals surface area contributed by atoms with Crippen LogP contribution in [0.4, 0.5) is 5.69 Å². The van der Waals surface area contributed by atoms with Gasteiger partial charge in [0.05, 0.1) is 5.25 Å². The smallest absolute Gasteiger partial charge is 0.240 e. The molecule has 0 bridgehead atoms. The highest BCUT2D eigenvalue weighted by atomic mass is 32.2. The van der Waals surface area contributed by atoms with Gasteiger partial charge in [0.2, 0.25) is 5.91 Å². The Bertz CT molecular complexity index is 568. The molecule has 0 N–H and O–H groups in total. The van der Waals surface area contributed by atoms with Crippen molar-refractivity contribution in [2.24, 2.45) is 7.05 Å². The molecule has 1 atom stereocenters. The number of para-hydroxylation sites is 1. The van der Waals surface area contributed by atoms with E-state index in [0.717, 1.165) is 10.8 Å². The number of thioether (sulfide) groups is 1. The zero-order valence-electron chi connectivity index (χ0n) is 12.0. The summed E-state index contributed by atoms with van der Waals surface area (Å²) in [6.45, 7) is 4.57. The second kappa shape index (κ2) is 6.61. The number of rotatable bonds is 5. The molecule has 2 aromatic rings. The van der Waals surface area contributed by atoms with E-state index in [9.17, 15) is 4.79 Å². The van der Waals surface area contributed by atoms with Crippen LogP contribution in [-0.4, -0.2) is 27.3 Å². The second-order valence-electron chi connectivity index (χ2n) is 4.50. The highest BCUT2D eigenvalue weighted by Crippen LogP contribution is 2.24. The van der Waals surface area contributed by atoms with Gasteiger partial charge in [-0.05, 0) is 26.0 Å². The van der Waals surface area contributed by atoms with Crippen molar-refractivity contribution in [3.8, 4) is 0 Å². The van der Waals surface area contributed by atoms with E-state index < -0.39 is 0 Å². The quantitative estimate of drug-likeness (QED) is 0.794. The Kier molecular flexibility index (Phi) is 4.84. The molecule has 106 valence electrons. The third-order valence-corrected chi connectivity index (χ3v) is 4.22.